The van der Waals surface area contributed by atoms with Crippen molar-refractivity contribution in [3.05, 3.63) is 23.9 Å². The van der Waals surface area contributed by atoms with Gasteiger partial charge < -0.3 is 15.5 Å². The molecule has 2 N–H and O–H groups in total. The summed E-state index contributed by atoms with van der Waals surface area (Å²) >= 11 is 0. The topological polar surface area (TPSA) is 62.5 Å². The van der Waals surface area contributed by atoms with Crippen LogP contribution in [0.5, 0.6) is 0 Å². The van der Waals surface area contributed by atoms with Crippen LogP contribution in [0.1, 0.15) is 49.4 Å². The summed E-state index contributed by atoms with van der Waals surface area (Å²) in [6.07, 6.45) is 7.40. The van der Waals surface area contributed by atoms with Crippen LogP contribution in [0.2, 0.25) is 0 Å². The number of hydrogen-bond acceptors (Lipinski definition) is 4. The number of likely N-dealkylation sites (tertiary alicyclic amines) is 1. The molecule has 0 spiro atoms. The number of piperidine rings is 1. The van der Waals surface area contributed by atoms with Crippen LogP contribution in [0.4, 0.5) is 5.82 Å². The van der Waals surface area contributed by atoms with Crippen molar-refractivity contribution in [2.24, 2.45) is 5.73 Å². The third-order valence-electron chi connectivity index (χ3n) is 4.84. The van der Waals surface area contributed by atoms with Crippen molar-refractivity contribution in [3.8, 4) is 0 Å². The molecule has 2 fully saturated rings. The molecule has 5 nitrogen and oxygen atoms in total. The molecule has 1 amide bonds. The van der Waals surface area contributed by atoms with Gasteiger partial charge in [0.25, 0.3) is 5.91 Å². The zero-order chi connectivity index (χ0) is 15.5. The Morgan fingerprint density at radius 2 is 1.95 bits per heavy atom. The molecular weight excluding hydrogens is 276 g/mol. The average Bonchev–Trinajstić information content (AvgIpc) is 3.09. The van der Waals surface area contributed by atoms with E-state index in [0.717, 1.165) is 44.7 Å². The van der Waals surface area contributed by atoms with E-state index in [2.05, 4.69) is 9.88 Å². The lowest BCUT2D eigenvalue weighted by atomic mass is 9.96. The summed E-state index contributed by atoms with van der Waals surface area (Å²) in [5.74, 6) is 1.05. The van der Waals surface area contributed by atoms with Gasteiger partial charge in [-0.05, 0) is 51.2 Å². The van der Waals surface area contributed by atoms with Gasteiger partial charge in [-0.25, -0.2) is 4.98 Å². The number of carbonyl (C=O) groups is 1. The summed E-state index contributed by atoms with van der Waals surface area (Å²) in [4.78, 5) is 21.5. The molecule has 0 saturated carbocycles. The Labute approximate surface area is 132 Å². The van der Waals surface area contributed by atoms with Gasteiger partial charge in [0.1, 0.15) is 5.82 Å². The SMILES string of the molecule is CC(N)C1CCCCN1C(=O)c1ccc(N2CCCC2)nc1. The molecule has 0 aromatic carbocycles. The first-order valence-corrected chi connectivity index (χ1v) is 8.44. The molecular formula is C17H26N4O. The second kappa shape index (κ2) is 6.65. The minimum atomic E-state index is 0.0149. The van der Waals surface area contributed by atoms with Crippen molar-refractivity contribution >= 4 is 11.7 Å². The minimum absolute atomic E-state index is 0.0149. The summed E-state index contributed by atoms with van der Waals surface area (Å²) < 4.78 is 0. The lowest BCUT2D eigenvalue weighted by molar-refractivity contribution is 0.0583. The van der Waals surface area contributed by atoms with Gasteiger partial charge in [0, 0.05) is 37.9 Å². The molecule has 2 saturated heterocycles. The maximum absolute atomic E-state index is 12.8. The molecule has 120 valence electrons. The molecule has 3 rings (SSSR count). The molecule has 22 heavy (non-hydrogen) atoms. The van der Waals surface area contributed by atoms with Crippen molar-refractivity contribution < 1.29 is 4.79 Å². The smallest absolute Gasteiger partial charge is 0.255 e. The van der Waals surface area contributed by atoms with E-state index in [4.69, 9.17) is 5.73 Å². The zero-order valence-corrected chi connectivity index (χ0v) is 13.4. The predicted octanol–water partition coefficient (Wildman–Crippen LogP) is 2.02. The molecule has 2 aliphatic heterocycles. The Kier molecular flexibility index (Phi) is 4.62. The van der Waals surface area contributed by atoms with E-state index in [1.54, 1.807) is 6.20 Å². The van der Waals surface area contributed by atoms with Crippen LogP contribution in [0, 0.1) is 0 Å². The maximum Gasteiger partial charge on any atom is 0.255 e. The van der Waals surface area contributed by atoms with Crippen LogP contribution in [-0.4, -0.2) is 47.5 Å². The monoisotopic (exact) mass is 302 g/mol. The van der Waals surface area contributed by atoms with E-state index >= 15 is 0 Å². The Morgan fingerprint density at radius 1 is 1.23 bits per heavy atom. The van der Waals surface area contributed by atoms with E-state index in [-0.39, 0.29) is 18.0 Å². The average molecular weight is 302 g/mol. The number of pyridine rings is 1. The van der Waals surface area contributed by atoms with E-state index in [1.165, 1.54) is 12.8 Å². The van der Waals surface area contributed by atoms with E-state index in [0.29, 0.717) is 5.56 Å². The fourth-order valence-electron chi connectivity index (χ4n) is 3.57. The van der Waals surface area contributed by atoms with E-state index < -0.39 is 0 Å². The minimum Gasteiger partial charge on any atom is -0.357 e. The van der Waals surface area contributed by atoms with Gasteiger partial charge in [0.2, 0.25) is 0 Å². The number of nitrogens with two attached hydrogens (primary N) is 1. The first kappa shape index (κ1) is 15.3. The fraction of sp³-hybridized carbons (Fsp3) is 0.647. The third kappa shape index (κ3) is 3.09. The Hall–Kier alpha value is -1.62. The lowest BCUT2D eigenvalue weighted by Crippen LogP contribution is -2.51. The molecule has 2 unspecified atom stereocenters. The van der Waals surface area contributed by atoms with E-state index in [9.17, 15) is 4.79 Å². The Balaban J connectivity index is 1.73. The van der Waals surface area contributed by atoms with Crippen molar-refractivity contribution in [3.63, 3.8) is 0 Å². The lowest BCUT2D eigenvalue weighted by Gasteiger charge is -2.38. The fourth-order valence-corrected chi connectivity index (χ4v) is 3.57. The maximum atomic E-state index is 12.8. The second-order valence-corrected chi connectivity index (χ2v) is 6.52. The standard InChI is InChI=1S/C17H26N4O/c1-13(18)15-6-2-3-11-21(15)17(22)14-7-8-16(19-12-14)20-9-4-5-10-20/h7-8,12-13,15H,2-6,9-11,18H2,1H3. The van der Waals surface area contributed by atoms with E-state index in [1.807, 2.05) is 24.0 Å². The van der Waals surface area contributed by atoms with Gasteiger partial charge in [-0.15, -0.1) is 0 Å². The quantitative estimate of drug-likeness (QED) is 0.928. The zero-order valence-electron chi connectivity index (χ0n) is 13.4. The Morgan fingerprint density at radius 3 is 2.59 bits per heavy atom. The van der Waals surface area contributed by atoms with Crippen LogP contribution in [0.3, 0.4) is 0 Å². The number of nitrogens with zero attached hydrogens (tertiary/aromatic N) is 3. The van der Waals surface area contributed by atoms with Gasteiger partial charge in [-0.1, -0.05) is 0 Å². The first-order chi connectivity index (χ1) is 10.7. The number of aromatic nitrogens is 1. The van der Waals surface area contributed by atoms with Gasteiger partial charge in [-0.3, -0.25) is 4.79 Å². The molecule has 2 aliphatic rings. The number of hydrogen-bond donors (Lipinski definition) is 1. The summed E-state index contributed by atoms with van der Waals surface area (Å²) in [5, 5.41) is 0. The van der Waals surface area contributed by atoms with Crippen LogP contribution in [-0.2, 0) is 0 Å². The second-order valence-electron chi connectivity index (χ2n) is 6.52. The first-order valence-electron chi connectivity index (χ1n) is 8.44. The highest BCUT2D eigenvalue weighted by Gasteiger charge is 2.30. The van der Waals surface area contributed by atoms with Crippen molar-refractivity contribution in [2.75, 3.05) is 24.5 Å². The molecule has 0 bridgehead atoms. The number of carbonyl (C=O) groups excluding carboxylic acids is 1. The predicted molar refractivity (Wildman–Crippen MR) is 88.0 cm³/mol. The van der Waals surface area contributed by atoms with Gasteiger partial charge >= 0.3 is 0 Å². The largest absolute Gasteiger partial charge is 0.357 e. The Bertz CT molecular complexity index is 508. The molecule has 3 heterocycles. The van der Waals surface area contributed by atoms with Crippen molar-refractivity contribution in [1.29, 1.82) is 0 Å². The van der Waals surface area contributed by atoms with Crippen LogP contribution in [0.15, 0.2) is 18.3 Å². The summed E-state index contributed by atoms with van der Waals surface area (Å²) in [6.45, 7) is 4.93. The van der Waals surface area contributed by atoms with Gasteiger partial charge in [0.15, 0.2) is 0 Å². The highest BCUT2D eigenvalue weighted by molar-refractivity contribution is 5.94. The molecule has 0 aliphatic carbocycles. The summed E-state index contributed by atoms with van der Waals surface area (Å²) in [5.41, 5.74) is 6.74. The number of anilines is 1. The van der Waals surface area contributed by atoms with Crippen molar-refractivity contribution in [1.82, 2.24) is 9.88 Å². The van der Waals surface area contributed by atoms with Crippen LogP contribution >= 0.6 is 0 Å². The van der Waals surface area contributed by atoms with Crippen LogP contribution < -0.4 is 10.6 Å². The van der Waals surface area contributed by atoms with Gasteiger partial charge in [0.05, 0.1) is 5.56 Å². The highest BCUT2D eigenvalue weighted by atomic mass is 16.2. The number of amides is 1. The van der Waals surface area contributed by atoms with Crippen LogP contribution in [0.25, 0.3) is 0 Å². The summed E-state index contributed by atoms with van der Waals surface area (Å²) in [7, 11) is 0. The van der Waals surface area contributed by atoms with Crippen molar-refractivity contribution in [2.45, 2.75) is 51.1 Å². The van der Waals surface area contributed by atoms with Gasteiger partial charge in [-0.2, -0.15) is 0 Å². The summed E-state index contributed by atoms with van der Waals surface area (Å²) in [6, 6.07) is 4.06. The number of rotatable bonds is 3. The normalized spacial score (nSPS) is 23.6. The molecule has 1 aromatic rings. The molecule has 1 aromatic heterocycles. The molecule has 2 atom stereocenters. The molecule has 0 radical (unpaired) electrons. The third-order valence-corrected chi connectivity index (χ3v) is 4.84. The highest BCUT2D eigenvalue weighted by Crippen LogP contribution is 2.23. The molecule has 5 heteroatoms.